The second-order valence-corrected chi connectivity index (χ2v) is 3.35. The van der Waals surface area contributed by atoms with Crippen molar-refractivity contribution >= 4 is 0 Å². The molecule has 0 aromatic heterocycles. The minimum Gasteiger partial charge on any atom is -0.390 e. The molecular weight excluding hydrogens is 176 g/mol. The molecule has 76 valence electrons. The van der Waals surface area contributed by atoms with E-state index in [0.29, 0.717) is 12.8 Å². The zero-order chi connectivity index (χ0) is 10.4. The Balaban J connectivity index is 2.48. The Morgan fingerprint density at radius 1 is 1.14 bits per heavy atom. The van der Waals surface area contributed by atoms with Crippen LogP contribution in [0, 0.1) is 0 Å². The number of hydrogen-bond donors (Lipinski definition) is 2. The fourth-order valence-electron chi connectivity index (χ4n) is 1.32. The van der Waals surface area contributed by atoms with Crippen molar-refractivity contribution in [3.63, 3.8) is 0 Å². The van der Waals surface area contributed by atoms with Crippen LogP contribution in [0.3, 0.4) is 0 Å². The molecule has 0 spiro atoms. The molecule has 0 bridgehead atoms. The van der Waals surface area contributed by atoms with E-state index in [0.717, 1.165) is 5.56 Å². The SMILES string of the molecule is C=CCC(O)[C@H](O)Cc1ccccc1. The maximum absolute atomic E-state index is 9.60. The maximum Gasteiger partial charge on any atom is 0.0842 e. The summed E-state index contributed by atoms with van der Waals surface area (Å²) in [5.74, 6) is 0. The van der Waals surface area contributed by atoms with Crippen molar-refractivity contribution in [3.8, 4) is 0 Å². The second-order valence-electron chi connectivity index (χ2n) is 3.35. The van der Waals surface area contributed by atoms with Crippen LogP contribution < -0.4 is 0 Å². The average molecular weight is 192 g/mol. The second kappa shape index (κ2) is 5.58. The molecule has 1 aromatic carbocycles. The predicted octanol–water partition coefficient (Wildman–Crippen LogP) is 1.53. The highest BCUT2D eigenvalue weighted by molar-refractivity contribution is 5.15. The van der Waals surface area contributed by atoms with Crippen LogP contribution in [0.4, 0.5) is 0 Å². The summed E-state index contributed by atoms with van der Waals surface area (Å²) in [4.78, 5) is 0. The highest BCUT2D eigenvalue weighted by Crippen LogP contribution is 2.08. The van der Waals surface area contributed by atoms with Crippen molar-refractivity contribution < 1.29 is 10.2 Å². The Labute approximate surface area is 84.5 Å². The highest BCUT2D eigenvalue weighted by atomic mass is 16.3. The third kappa shape index (κ3) is 3.32. The van der Waals surface area contributed by atoms with E-state index in [4.69, 9.17) is 0 Å². The Hall–Kier alpha value is -1.12. The number of hydrogen-bond acceptors (Lipinski definition) is 2. The Bertz CT molecular complexity index is 269. The molecule has 2 atom stereocenters. The summed E-state index contributed by atoms with van der Waals surface area (Å²) in [7, 11) is 0. The van der Waals surface area contributed by atoms with Crippen LogP contribution in [0.25, 0.3) is 0 Å². The standard InChI is InChI=1S/C12H16O2/c1-2-6-11(13)12(14)9-10-7-4-3-5-8-10/h2-5,7-8,11-14H,1,6,9H2/t11?,12-/m1/s1. The van der Waals surface area contributed by atoms with Gasteiger partial charge in [0, 0.05) is 6.42 Å². The lowest BCUT2D eigenvalue weighted by Gasteiger charge is -2.16. The lowest BCUT2D eigenvalue weighted by Crippen LogP contribution is -2.27. The van der Waals surface area contributed by atoms with E-state index in [2.05, 4.69) is 6.58 Å². The first-order chi connectivity index (χ1) is 6.74. The molecule has 0 radical (unpaired) electrons. The molecule has 0 saturated carbocycles. The third-order valence-electron chi connectivity index (χ3n) is 2.14. The molecule has 0 saturated heterocycles. The summed E-state index contributed by atoms with van der Waals surface area (Å²) >= 11 is 0. The van der Waals surface area contributed by atoms with Crippen molar-refractivity contribution in [2.24, 2.45) is 0 Å². The first-order valence-electron chi connectivity index (χ1n) is 4.75. The third-order valence-corrected chi connectivity index (χ3v) is 2.14. The van der Waals surface area contributed by atoms with Crippen LogP contribution in [0.5, 0.6) is 0 Å². The van der Waals surface area contributed by atoms with E-state index < -0.39 is 12.2 Å². The summed E-state index contributed by atoms with van der Waals surface area (Å²) in [6.45, 7) is 3.52. The van der Waals surface area contributed by atoms with E-state index in [-0.39, 0.29) is 0 Å². The molecule has 1 unspecified atom stereocenters. The summed E-state index contributed by atoms with van der Waals surface area (Å²) in [5.41, 5.74) is 1.03. The van der Waals surface area contributed by atoms with Crippen LogP contribution in [-0.2, 0) is 6.42 Å². The first-order valence-corrected chi connectivity index (χ1v) is 4.75. The molecule has 0 aliphatic carbocycles. The van der Waals surface area contributed by atoms with Gasteiger partial charge in [-0.3, -0.25) is 0 Å². The summed E-state index contributed by atoms with van der Waals surface area (Å²) < 4.78 is 0. The van der Waals surface area contributed by atoms with Gasteiger partial charge >= 0.3 is 0 Å². The average Bonchev–Trinajstić information content (AvgIpc) is 2.19. The largest absolute Gasteiger partial charge is 0.390 e. The number of benzene rings is 1. The molecule has 0 aliphatic heterocycles. The molecule has 0 fully saturated rings. The molecule has 2 heteroatoms. The molecule has 1 rings (SSSR count). The summed E-state index contributed by atoms with van der Waals surface area (Å²) in [6, 6.07) is 9.63. The van der Waals surface area contributed by atoms with Gasteiger partial charge in [-0.15, -0.1) is 6.58 Å². The normalized spacial score (nSPS) is 14.7. The Morgan fingerprint density at radius 3 is 2.36 bits per heavy atom. The molecule has 0 amide bonds. The number of aliphatic hydroxyl groups is 2. The van der Waals surface area contributed by atoms with Gasteiger partial charge in [0.25, 0.3) is 0 Å². The van der Waals surface area contributed by atoms with E-state index >= 15 is 0 Å². The maximum atomic E-state index is 9.60. The van der Waals surface area contributed by atoms with Crippen LogP contribution in [0.15, 0.2) is 43.0 Å². The summed E-state index contributed by atoms with van der Waals surface area (Å²) in [6.07, 6.45) is 1.09. The quantitative estimate of drug-likeness (QED) is 0.694. The first kappa shape index (κ1) is 11.0. The summed E-state index contributed by atoms with van der Waals surface area (Å²) in [5, 5.41) is 19.1. The van der Waals surface area contributed by atoms with E-state index in [9.17, 15) is 10.2 Å². The zero-order valence-corrected chi connectivity index (χ0v) is 8.13. The van der Waals surface area contributed by atoms with E-state index in [1.165, 1.54) is 0 Å². The Morgan fingerprint density at radius 2 is 1.79 bits per heavy atom. The van der Waals surface area contributed by atoms with Crippen LogP contribution >= 0.6 is 0 Å². The number of aliphatic hydroxyl groups excluding tert-OH is 2. The molecule has 2 nitrogen and oxygen atoms in total. The molecule has 0 aliphatic rings. The van der Waals surface area contributed by atoms with Crippen molar-refractivity contribution in [2.45, 2.75) is 25.0 Å². The van der Waals surface area contributed by atoms with Gasteiger partial charge in [-0.1, -0.05) is 36.4 Å². The highest BCUT2D eigenvalue weighted by Gasteiger charge is 2.14. The van der Waals surface area contributed by atoms with Gasteiger partial charge in [0.1, 0.15) is 0 Å². The topological polar surface area (TPSA) is 40.5 Å². The van der Waals surface area contributed by atoms with Crippen LogP contribution in [0.2, 0.25) is 0 Å². The molecule has 0 heterocycles. The van der Waals surface area contributed by atoms with Gasteiger partial charge in [-0.05, 0) is 12.0 Å². The van der Waals surface area contributed by atoms with Gasteiger partial charge in [-0.2, -0.15) is 0 Å². The Kier molecular flexibility index (Phi) is 4.36. The smallest absolute Gasteiger partial charge is 0.0842 e. The minimum atomic E-state index is -0.715. The minimum absolute atomic E-state index is 0.425. The lowest BCUT2D eigenvalue weighted by atomic mass is 10.0. The van der Waals surface area contributed by atoms with Gasteiger partial charge in [0.2, 0.25) is 0 Å². The zero-order valence-electron chi connectivity index (χ0n) is 8.13. The van der Waals surface area contributed by atoms with Crippen molar-refractivity contribution in [1.29, 1.82) is 0 Å². The van der Waals surface area contributed by atoms with Crippen molar-refractivity contribution in [2.75, 3.05) is 0 Å². The fourth-order valence-corrected chi connectivity index (χ4v) is 1.32. The number of rotatable bonds is 5. The van der Waals surface area contributed by atoms with Crippen molar-refractivity contribution in [1.82, 2.24) is 0 Å². The molecule has 14 heavy (non-hydrogen) atoms. The van der Waals surface area contributed by atoms with Gasteiger partial charge in [0.15, 0.2) is 0 Å². The van der Waals surface area contributed by atoms with Gasteiger partial charge < -0.3 is 10.2 Å². The predicted molar refractivity (Wildman–Crippen MR) is 57.0 cm³/mol. The molecular formula is C12H16O2. The molecule has 2 N–H and O–H groups in total. The van der Waals surface area contributed by atoms with Crippen molar-refractivity contribution in [3.05, 3.63) is 48.6 Å². The van der Waals surface area contributed by atoms with Crippen LogP contribution in [-0.4, -0.2) is 22.4 Å². The van der Waals surface area contributed by atoms with E-state index in [1.807, 2.05) is 30.3 Å². The van der Waals surface area contributed by atoms with Gasteiger partial charge in [0.05, 0.1) is 12.2 Å². The van der Waals surface area contributed by atoms with Gasteiger partial charge in [-0.25, -0.2) is 0 Å². The van der Waals surface area contributed by atoms with Crippen LogP contribution in [0.1, 0.15) is 12.0 Å². The fraction of sp³-hybridized carbons (Fsp3) is 0.333. The monoisotopic (exact) mass is 192 g/mol. The van der Waals surface area contributed by atoms with E-state index in [1.54, 1.807) is 6.08 Å². The lowest BCUT2D eigenvalue weighted by molar-refractivity contribution is 0.0222. The molecule has 1 aromatic rings.